The Balaban J connectivity index is 2.67. The molecule has 0 aliphatic carbocycles. The molecule has 2 N–H and O–H groups in total. The second-order valence-electron chi connectivity index (χ2n) is 5.76. The summed E-state index contributed by atoms with van der Waals surface area (Å²) in [5.74, 6) is 0.149. The molecule has 21 heavy (non-hydrogen) atoms. The summed E-state index contributed by atoms with van der Waals surface area (Å²) in [6.45, 7) is 9.74. The van der Waals surface area contributed by atoms with E-state index in [9.17, 15) is 9.90 Å². The first kappa shape index (κ1) is 17.0. The number of hydrogen-bond donors (Lipinski definition) is 2. The molecule has 0 spiro atoms. The van der Waals surface area contributed by atoms with E-state index in [-0.39, 0.29) is 11.7 Å². The van der Waals surface area contributed by atoms with Crippen LogP contribution in [0.15, 0.2) is 35.4 Å². The highest BCUT2D eigenvalue weighted by atomic mass is 16.3. The lowest BCUT2D eigenvalue weighted by Crippen LogP contribution is -2.09. The summed E-state index contributed by atoms with van der Waals surface area (Å²) < 4.78 is 0. The number of phenols is 1. The molecule has 1 rings (SSSR count). The third-order valence-electron chi connectivity index (χ3n) is 3.23. The van der Waals surface area contributed by atoms with Gasteiger partial charge in [0.25, 0.3) is 0 Å². The van der Waals surface area contributed by atoms with Crippen molar-refractivity contribution in [1.29, 1.82) is 0 Å². The van der Waals surface area contributed by atoms with E-state index in [4.69, 9.17) is 0 Å². The van der Waals surface area contributed by atoms with Crippen molar-refractivity contribution in [3.05, 3.63) is 46.6 Å². The first-order chi connectivity index (χ1) is 9.79. The van der Waals surface area contributed by atoms with Crippen LogP contribution in [0.2, 0.25) is 0 Å². The minimum absolute atomic E-state index is 0.130. The van der Waals surface area contributed by atoms with Crippen LogP contribution < -0.4 is 5.32 Å². The first-order valence-corrected chi connectivity index (χ1v) is 7.21. The van der Waals surface area contributed by atoms with Crippen LogP contribution in [-0.4, -0.2) is 11.0 Å². The number of benzene rings is 1. The highest BCUT2D eigenvalue weighted by molar-refractivity contribution is 5.99. The highest BCUT2D eigenvalue weighted by Crippen LogP contribution is 2.25. The predicted octanol–water partition coefficient (Wildman–Crippen LogP) is 4.64. The van der Waals surface area contributed by atoms with Crippen molar-refractivity contribution in [3.63, 3.8) is 0 Å². The van der Waals surface area contributed by atoms with Crippen molar-refractivity contribution in [1.82, 2.24) is 0 Å². The number of amides is 1. The maximum atomic E-state index is 12.0. The molecule has 1 aromatic rings. The summed E-state index contributed by atoms with van der Waals surface area (Å²) in [7, 11) is 0. The number of hydrogen-bond acceptors (Lipinski definition) is 2. The second kappa shape index (κ2) is 7.67. The molecule has 0 bridgehead atoms. The molecule has 0 heterocycles. The van der Waals surface area contributed by atoms with Crippen molar-refractivity contribution in [2.45, 2.75) is 47.5 Å². The number of aromatic hydroxyl groups is 1. The van der Waals surface area contributed by atoms with E-state index in [2.05, 4.69) is 25.2 Å². The topological polar surface area (TPSA) is 49.3 Å². The van der Waals surface area contributed by atoms with E-state index < -0.39 is 0 Å². The van der Waals surface area contributed by atoms with Gasteiger partial charge in [-0.3, -0.25) is 4.79 Å². The molecule has 114 valence electrons. The van der Waals surface area contributed by atoms with Gasteiger partial charge >= 0.3 is 0 Å². The smallest absolute Gasteiger partial charge is 0.248 e. The molecule has 0 radical (unpaired) electrons. The van der Waals surface area contributed by atoms with E-state index in [1.165, 1.54) is 5.57 Å². The number of carbonyl (C=O) groups is 1. The van der Waals surface area contributed by atoms with Gasteiger partial charge in [-0.2, -0.15) is 0 Å². The van der Waals surface area contributed by atoms with Gasteiger partial charge in [-0.1, -0.05) is 17.2 Å². The second-order valence-corrected chi connectivity index (χ2v) is 5.76. The third kappa shape index (κ3) is 5.86. The maximum Gasteiger partial charge on any atom is 0.248 e. The number of phenolic OH excluding ortho intramolecular Hbond substituents is 1. The van der Waals surface area contributed by atoms with Crippen molar-refractivity contribution in [3.8, 4) is 5.75 Å². The van der Waals surface area contributed by atoms with E-state index in [1.54, 1.807) is 18.2 Å². The number of rotatable bonds is 5. The van der Waals surface area contributed by atoms with Crippen molar-refractivity contribution in [2.24, 2.45) is 0 Å². The van der Waals surface area contributed by atoms with Crippen LogP contribution in [0.25, 0.3) is 0 Å². The Bertz CT molecular complexity index is 556. The quantitative estimate of drug-likeness (QED) is 0.471. The lowest BCUT2D eigenvalue weighted by molar-refractivity contribution is -0.112. The zero-order chi connectivity index (χ0) is 16.0. The number of anilines is 1. The molecule has 1 aromatic carbocycles. The van der Waals surface area contributed by atoms with Gasteiger partial charge in [-0.15, -0.1) is 0 Å². The normalized spacial score (nSPS) is 11.2. The fourth-order valence-electron chi connectivity index (χ4n) is 2.09. The van der Waals surface area contributed by atoms with Crippen LogP contribution in [0.5, 0.6) is 5.75 Å². The summed E-state index contributed by atoms with van der Waals surface area (Å²) in [4.78, 5) is 12.0. The minimum Gasteiger partial charge on any atom is -0.507 e. The molecule has 0 atom stereocenters. The average Bonchev–Trinajstić information content (AvgIpc) is 2.35. The minimum atomic E-state index is -0.130. The summed E-state index contributed by atoms with van der Waals surface area (Å²) in [5, 5.41) is 12.6. The van der Waals surface area contributed by atoms with Crippen LogP contribution >= 0.6 is 0 Å². The summed E-state index contributed by atoms with van der Waals surface area (Å²) in [6.07, 6.45) is 5.64. The van der Waals surface area contributed by atoms with Crippen LogP contribution in [0.3, 0.4) is 0 Å². The molecule has 3 heteroatoms. The number of nitrogens with one attached hydrogen (secondary N) is 1. The van der Waals surface area contributed by atoms with Crippen LogP contribution in [0, 0.1) is 13.8 Å². The number of allylic oxidation sites excluding steroid dienone is 3. The van der Waals surface area contributed by atoms with Crippen LogP contribution in [0.4, 0.5) is 5.69 Å². The molecule has 0 saturated heterocycles. The Labute approximate surface area is 127 Å². The number of aryl methyl sites for hydroxylation is 2. The van der Waals surface area contributed by atoms with Gasteiger partial charge in [-0.25, -0.2) is 0 Å². The molecule has 0 aliphatic heterocycles. The summed E-state index contributed by atoms with van der Waals surface area (Å²) >= 11 is 0. The molecular formula is C18H25NO2. The van der Waals surface area contributed by atoms with E-state index in [0.717, 1.165) is 29.5 Å². The van der Waals surface area contributed by atoms with Gasteiger partial charge in [0.1, 0.15) is 5.75 Å². The molecule has 0 fully saturated rings. The molecular weight excluding hydrogens is 262 g/mol. The van der Waals surface area contributed by atoms with Gasteiger partial charge in [-0.05, 0) is 70.7 Å². The molecule has 0 aromatic heterocycles. The lowest BCUT2D eigenvalue weighted by atomic mass is 10.1. The van der Waals surface area contributed by atoms with Crippen LogP contribution in [-0.2, 0) is 4.79 Å². The summed E-state index contributed by atoms with van der Waals surface area (Å²) in [5.41, 5.74) is 4.57. The Morgan fingerprint density at radius 1 is 1.19 bits per heavy atom. The zero-order valence-corrected chi connectivity index (χ0v) is 13.6. The van der Waals surface area contributed by atoms with E-state index in [1.807, 2.05) is 20.8 Å². The molecule has 0 aliphatic rings. The number of carbonyl (C=O) groups excluding carboxylic acids is 1. The lowest BCUT2D eigenvalue weighted by Gasteiger charge is -2.08. The first-order valence-electron chi connectivity index (χ1n) is 7.21. The monoisotopic (exact) mass is 287 g/mol. The fourth-order valence-corrected chi connectivity index (χ4v) is 2.09. The Hall–Kier alpha value is -2.03. The molecule has 0 unspecified atom stereocenters. The van der Waals surface area contributed by atoms with Crippen LogP contribution in [0.1, 0.15) is 44.7 Å². The maximum absolute atomic E-state index is 12.0. The van der Waals surface area contributed by atoms with Crippen molar-refractivity contribution < 1.29 is 9.90 Å². The standard InChI is InChI=1S/C18H25NO2/c1-12(2)7-6-8-13(3)9-17(20)19-16-10-14(4)18(21)15(5)11-16/h7,9-11,21H,6,8H2,1-5H3,(H,19,20)/b13-9+. The van der Waals surface area contributed by atoms with Gasteiger partial charge < -0.3 is 10.4 Å². The Morgan fingerprint density at radius 3 is 2.29 bits per heavy atom. The zero-order valence-electron chi connectivity index (χ0n) is 13.6. The molecule has 0 saturated carbocycles. The molecule has 1 amide bonds. The van der Waals surface area contributed by atoms with Crippen molar-refractivity contribution in [2.75, 3.05) is 5.32 Å². The van der Waals surface area contributed by atoms with Gasteiger partial charge in [0.2, 0.25) is 5.91 Å². The SMILES string of the molecule is CC(C)=CCC/C(C)=C/C(=O)Nc1cc(C)c(O)c(C)c1. The van der Waals surface area contributed by atoms with Crippen molar-refractivity contribution >= 4 is 11.6 Å². The average molecular weight is 287 g/mol. The van der Waals surface area contributed by atoms with E-state index in [0.29, 0.717) is 5.69 Å². The van der Waals surface area contributed by atoms with E-state index >= 15 is 0 Å². The predicted molar refractivity (Wildman–Crippen MR) is 88.6 cm³/mol. The van der Waals surface area contributed by atoms with Gasteiger partial charge in [0.15, 0.2) is 0 Å². The largest absolute Gasteiger partial charge is 0.507 e. The third-order valence-corrected chi connectivity index (χ3v) is 3.23. The summed E-state index contributed by atoms with van der Waals surface area (Å²) in [6, 6.07) is 3.54. The fraction of sp³-hybridized carbons (Fsp3) is 0.389. The van der Waals surface area contributed by atoms with Gasteiger partial charge in [0, 0.05) is 11.8 Å². The Morgan fingerprint density at radius 2 is 1.76 bits per heavy atom. The van der Waals surface area contributed by atoms with Gasteiger partial charge in [0.05, 0.1) is 0 Å². The molecule has 3 nitrogen and oxygen atoms in total. The highest BCUT2D eigenvalue weighted by Gasteiger charge is 2.05. The Kier molecular flexibility index (Phi) is 6.22.